The normalized spacial score (nSPS) is 19.2. The largest absolute Gasteiger partial charge is 0.508 e. The highest BCUT2D eigenvalue weighted by atomic mass is 16.3. The molecular formula is C24H38O3. The van der Waals surface area contributed by atoms with Crippen LogP contribution in [0.25, 0.3) is 0 Å². The average molecular weight is 375 g/mol. The van der Waals surface area contributed by atoms with Crippen LogP contribution in [-0.4, -0.2) is 15.3 Å². The minimum atomic E-state index is -0.107. The molecule has 3 N–H and O–H groups in total. The minimum Gasteiger partial charge on any atom is -0.508 e. The van der Waals surface area contributed by atoms with Gasteiger partial charge in [-0.2, -0.15) is 0 Å². The number of phenolic OH excluding ortho intramolecular Hbond substituents is 3. The van der Waals surface area contributed by atoms with Gasteiger partial charge in [0.2, 0.25) is 0 Å². The van der Waals surface area contributed by atoms with Crippen LogP contribution in [-0.2, 0) is 12.8 Å². The van der Waals surface area contributed by atoms with Gasteiger partial charge in [0, 0.05) is 11.1 Å². The van der Waals surface area contributed by atoms with Gasteiger partial charge in [0.15, 0.2) is 11.5 Å². The molecule has 0 amide bonds. The lowest BCUT2D eigenvalue weighted by atomic mass is 9.96. The molecule has 2 aliphatic rings. The van der Waals surface area contributed by atoms with Crippen molar-refractivity contribution in [2.24, 2.45) is 10.8 Å². The smallest absolute Gasteiger partial charge is 0.164 e. The first kappa shape index (κ1) is 20.4. The summed E-state index contributed by atoms with van der Waals surface area (Å²) in [6.07, 6.45) is 16.0. The predicted octanol–water partition coefficient (Wildman–Crippen LogP) is 6.61. The Bertz CT molecular complexity index is 642. The van der Waals surface area contributed by atoms with Crippen molar-refractivity contribution in [2.45, 2.75) is 104 Å². The lowest BCUT2D eigenvalue weighted by molar-refractivity contribution is 0.382. The molecule has 3 nitrogen and oxygen atoms in total. The van der Waals surface area contributed by atoms with E-state index < -0.39 is 0 Å². The molecule has 2 saturated carbocycles. The maximum atomic E-state index is 10.4. The van der Waals surface area contributed by atoms with E-state index in [1.165, 1.54) is 51.4 Å². The first-order chi connectivity index (χ1) is 12.8. The van der Waals surface area contributed by atoms with Gasteiger partial charge in [0.05, 0.1) is 0 Å². The van der Waals surface area contributed by atoms with Crippen molar-refractivity contribution in [3.63, 3.8) is 0 Å². The second kappa shape index (κ2) is 8.32. The van der Waals surface area contributed by atoms with E-state index in [0.717, 1.165) is 25.7 Å². The molecule has 0 aromatic heterocycles. The molecule has 3 heteroatoms. The molecule has 1 aromatic rings. The van der Waals surface area contributed by atoms with Crippen molar-refractivity contribution < 1.29 is 15.3 Å². The highest BCUT2D eigenvalue weighted by Gasteiger charge is 2.36. The molecule has 1 aromatic carbocycles. The number of rotatable bonds is 12. The molecule has 0 heterocycles. The third-order valence-electron chi connectivity index (χ3n) is 7.08. The topological polar surface area (TPSA) is 60.7 Å². The average Bonchev–Trinajstić information content (AvgIpc) is 3.54. The van der Waals surface area contributed by atoms with Crippen LogP contribution in [0.4, 0.5) is 0 Å². The van der Waals surface area contributed by atoms with Crippen LogP contribution in [0.1, 0.15) is 102 Å². The van der Waals surface area contributed by atoms with Crippen LogP contribution < -0.4 is 0 Å². The van der Waals surface area contributed by atoms with E-state index in [4.69, 9.17) is 0 Å². The zero-order valence-corrected chi connectivity index (χ0v) is 17.3. The monoisotopic (exact) mass is 374 g/mol. The third kappa shape index (κ3) is 5.80. The molecule has 2 fully saturated rings. The molecule has 152 valence electrons. The summed E-state index contributed by atoms with van der Waals surface area (Å²) >= 11 is 0. The van der Waals surface area contributed by atoms with Crippen LogP contribution in [0.5, 0.6) is 17.2 Å². The molecule has 0 bridgehead atoms. The van der Waals surface area contributed by atoms with E-state index in [1.807, 2.05) is 0 Å². The zero-order chi connectivity index (χ0) is 19.5. The van der Waals surface area contributed by atoms with E-state index in [0.29, 0.717) is 34.8 Å². The fourth-order valence-corrected chi connectivity index (χ4v) is 4.17. The summed E-state index contributed by atoms with van der Waals surface area (Å²) in [5.41, 5.74) is 2.38. The van der Waals surface area contributed by atoms with Gasteiger partial charge in [-0.25, -0.2) is 0 Å². The van der Waals surface area contributed by atoms with Gasteiger partial charge in [0.1, 0.15) is 5.75 Å². The molecule has 0 saturated heterocycles. The molecule has 3 rings (SSSR count). The van der Waals surface area contributed by atoms with E-state index >= 15 is 0 Å². The van der Waals surface area contributed by atoms with Gasteiger partial charge < -0.3 is 15.3 Å². The standard InChI is InChI=1S/C24H38O3/c1-23(13-14-23)11-7-4-3-5-10-19-20(25)17-18(21(26)22(19)27)9-6-8-12-24(2)15-16-24/h17,25-27H,3-16H2,1-2H3. The van der Waals surface area contributed by atoms with E-state index in [-0.39, 0.29) is 17.2 Å². The van der Waals surface area contributed by atoms with E-state index in [1.54, 1.807) is 6.07 Å². The molecule has 2 aliphatic carbocycles. The summed E-state index contributed by atoms with van der Waals surface area (Å²) < 4.78 is 0. The molecule has 0 unspecified atom stereocenters. The van der Waals surface area contributed by atoms with Crippen molar-refractivity contribution in [1.82, 2.24) is 0 Å². The van der Waals surface area contributed by atoms with Crippen LogP contribution >= 0.6 is 0 Å². The molecule has 27 heavy (non-hydrogen) atoms. The first-order valence-corrected chi connectivity index (χ1v) is 11.1. The Morgan fingerprint density at radius 2 is 1.22 bits per heavy atom. The molecule has 0 spiro atoms. The Morgan fingerprint density at radius 3 is 1.81 bits per heavy atom. The van der Waals surface area contributed by atoms with Crippen molar-refractivity contribution in [2.75, 3.05) is 0 Å². The van der Waals surface area contributed by atoms with Crippen LogP contribution in [0.3, 0.4) is 0 Å². The summed E-state index contributed by atoms with van der Waals surface area (Å²) in [5.74, 6) is 0.00619. The van der Waals surface area contributed by atoms with Crippen molar-refractivity contribution in [1.29, 1.82) is 0 Å². The zero-order valence-electron chi connectivity index (χ0n) is 17.3. The van der Waals surface area contributed by atoms with E-state index in [9.17, 15) is 15.3 Å². The van der Waals surface area contributed by atoms with Gasteiger partial charge in [0.25, 0.3) is 0 Å². The van der Waals surface area contributed by atoms with Gasteiger partial charge in [-0.05, 0) is 81.1 Å². The van der Waals surface area contributed by atoms with Crippen molar-refractivity contribution >= 4 is 0 Å². The van der Waals surface area contributed by atoms with Gasteiger partial charge >= 0.3 is 0 Å². The molecular weight excluding hydrogens is 336 g/mol. The fraction of sp³-hybridized carbons (Fsp3) is 0.750. The summed E-state index contributed by atoms with van der Waals surface area (Å²) in [5, 5.41) is 31.1. The lowest BCUT2D eigenvalue weighted by Crippen LogP contribution is -1.96. The molecule has 0 atom stereocenters. The van der Waals surface area contributed by atoms with Gasteiger partial charge in [-0.1, -0.05) is 39.5 Å². The lowest BCUT2D eigenvalue weighted by Gasteiger charge is -2.14. The Morgan fingerprint density at radius 1 is 0.704 bits per heavy atom. The second-order valence-corrected chi connectivity index (χ2v) is 9.97. The number of benzene rings is 1. The number of hydrogen-bond acceptors (Lipinski definition) is 3. The SMILES string of the molecule is CC1(CCCCCCc2c(O)cc(CCCCC3(C)CC3)c(O)c2O)CC1. The Kier molecular flexibility index (Phi) is 6.28. The number of phenols is 3. The molecule has 0 radical (unpaired) electrons. The number of aromatic hydroxyl groups is 3. The first-order valence-electron chi connectivity index (χ1n) is 11.1. The van der Waals surface area contributed by atoms with Gasteiger partial charge in [-0.3, -0.25) is 0 Å². The third-order valence-corrected chi connectivity index (χ3v) is 7.08. The predicted molar refractivity (Wildman–Crippen MR) is 110 cm³/mol. The number of hydrogen-bond donors (Lipinski definition) is 3. The highest BCUT2D eigenvalue weighted by Crippen LogP contribution is 2.50. The van der Waals surface area contributed by atoms with Crippen molar-refractivity contribution in [3.05, 3.63) is 17.2 Å². The second-order valence-electron chi connectivity index (χ2n) is 9.97. The summed E-state index contributed by atoms with van der Waals surface area (Å²) in [7, 11) is 0. The Labute approximate surface area is 164 Å². The number of aryl methyl sites for hydroxylation is 1. The van der Waals surface area contributed by atoms with Gasteiger partial charge in [-0.15, -0.1) is 0 Å². The highest BCUT2D eigenvalue weighted by molar-refractivity contribution is 5.56. The van der Waals surface area contributed by atoms with E-state index in [2.05, 4.69) is 13.8 Å². The Balaban J connectivity index is 1.42. The maximum Gasteiger partial charge on any atom is 0.164 e. The fourth-order valence-electron chi connectivity index (χ4n) is 4.17. The van der Waals surface area contributed by atoms with Crippen LogP contribution in [0.15, 0.2) is 6.07 Å². The van der Waals surface area contributed by atoms with Crippen LogP contribution in [0, 0.1) is 10.8 Å². The minimum absolute atomic E-state index is 0.0258. The summed E-state index contributed by atoms with van der Waals surface area (Å²) in [6, 6.07) is 1.66. The van der Waals surface area contributed by atoms with Crippen molar-refractivity contribution in [3.8, 4) is 17.2 Å². The Hall–Kier alpha value is -1.38. The maximum absolute atomic E-state index is 10.4. The van der Waals surface area contributed by atoms with Crippen LogP contribution in [0.2, 0.25) is 0 Å². The molecule has 0 aliphatic heterocycles. The summed E-state index contributed by atoms with van der Waals surface area (Å²) in [4.78, 5) is 0. The number of unbranched alkanes of at least 4 members (excludes halogenated alkanes) is 4. The summed E-state index contributed by atoms with van der Waals surface area (Å²) in [6.45, 7) is 4.71. The quantitative estimate of drug-likeness (QED) is 0.219.